The van der Waals surface area contributed by atoms with Crippen LogP contribution in [-0.2, 0) is 7.05 Å². The SMILES string of the molecule is Cn1cc(-c2ccccn2)c(Cl)n1. The van der Waals surface area contributed by atoms with E-state index in [0.717, 1.165) is 11.3 Å². The van der Waals surface area contributed by atoms with Crippen molar-refractivity contribution >= 4 is 11.6 Å². The maximum atomic E-state index is 5.91. The second-order valence-electron chi connectivity index (χ2n) is 2.72. The highest BCUT2D eigenvalue weighted by Crippen LogP contribution is 2.23. The van der Waals surface area contributed by atoms with Crippen LogP contribution in [0.5, 0.6) is 0 Å². The molecule has 0 aliphatic rings. The molecule has 0 aliphatic carbocycles. The summed E-state index contributed by atoms with van der Waals surface area (Å²) in [7, 11) is 1.83. The summed E-state index contributed by atoms with van der Waals surface area (Å²) >= 11 is 5.91. The van der Waals surface area contributed by atoms with Gasteiger partial charge in [0.1, 0.15) is 0 Å². The molecule has 0 spiro atoms. The van der Waals surface area contributed by atoms with E-state index in [1.165, 1.54) is 0 Å². The standard InChI is InChI=1S/C9H8ClN3/c1-13-6-7(9(10)12-13)8-4-2-3-5-11-8/h2-6H,1H3. The number of aryl methyl sites for hydroxylation is 1. The fourth-order valence-electron chi connectivity index (χ4n) is 1.16. The van der Waals surface area contributed by atoms with E-state index in [2.05, 4.69) is 10.1 Å². The molecule has 0 fully saturated rings. The van der Waals surface area contributed by atoms with Crippen molar-refractivity contribution in [2.75, 3.05) is 0 Å². The summed E-state index contributed by atoms with van der Waals surface area (Å²) in [5.41, 5.74) is 1.71. The molecule has 2 aromatic rings. The van der Waals surface area contributed by atoms with Gasteiger partial charge in [-0.2, -0.15) is 5.10 Å². The van der Waals surface area contributed by atoms with Gasteiger partial charge in [-0.3, -0.25) is 9.67 Å². The van der Waals surface area contributed by atoms with Crippen LogP contribution in [0.2, 0.25) is 5.15 Å². The number of halogens is 1. The van der Waals surface area contributed by atoms with Crippen LogP contribution >= 0.6 is 11.6 Å². The fraction of sp³-hybridized carbons (Fsp3) is 0.111. The third kappa shape index (κ3) is 1.55. The third-order valence-corrected chi connectivity index (χ3v) is 2.00. The molecule has 0 saturated heterocycles. The molecule has 3 nitrogen and oxygen atoms in total. The Morgan fingerprint density at radius 2 is 2.23 bits per heavy atom. The van der Waals surface area contributed by atoms with E-state index in [4.69, 9.17) is 11.6 Å². The van der Waals surface area contributed by atoms with Crippen molar-refractivity contribution in [3.8, 4) is 11.3 Å². The third-order valence-electron chi connectivity index (χ3n) is 1.72. The van der Waals surface area contributed by atoms with Gasteiger partial charge in [-0.25, -0.2) is 0 Å². The van der Waals surface area contributed by atoms with Crippen LogP contribution in [0.3, 0.4) is 0 Å². The van der Waals surface area contributed by atoms with Gasteiger partial charge in [0.15, 0.2) is 5.15 Å². The van der Waals surface area contributed by atoms with Gasteiger partial charge < -0.3 is 0 Å². The number of hydrogen-bond acceptors (Lipinski definition) is 2. The average molecular weight is 194 g/mol. The molecule has 0 amide bonds. The van der Waals surface area contributed by atoms with Crippen LogP contribution in [-0.4, -0.2) is 14.8 Å². The van der Waals surface area contributed by atoms with Crippen LogP contribution in [0.15, 0.2) is 30.6 Å². The highest BCUT2D eigenvalue weighted by Gasteiger charge is 2.07. The lowest BCUT2D eigenvalue weighted by atomic mass is 10.2. The van der Waals surface area contributed by atoms with Crippen molar-refractivity contribution in [2.45, 2.75) is 0 Å². The van der Waals surface area contributed by atoms with E-state index in [9.17, 15) is 0 Å². The molecule has 66 valence electrons. The maximum absolute atomic E-state index is 5.91. The second-order valence-corrected chi connectivity index (χ2v) is 3.08. The Balaban J connectivity index is 2.53. The number of pyridine rings is 1. The van der Waals surface area contributed by atoms with E-state index < -0.39 is 0 Å². The molecule has 0 unspecified atom stereocenters. The topological polar surface area (TPSA) is 30.7 Å². The van der Waals surface area contributed by atoms with Crippen molar-refractivity contribution in [1.82, 2.24) is 14.8 Å². The summed E-state index contributed by atoms with van der Waals surface area (Å²) in [6.45, 7) is 0. The molecule has 4 heteroatoms. The number of nitrogens with zero attached hydrogens (tertiary/aromatic N) is 3. The Kier molecular flexibility index (Phi) is 2.02. The average Bonchev–Trinajstić information content (AvgIpc) is 2.47. The molecule has 2 heterocycles. The minimum Gasteiger partial charge on any atom is -0.274 e. The minimum atomic E-state index is 0.487. The van der Waals surface area contributed by atoms with E-state index in [1.807, 2.05) is 31.4 Å². The first kappa shape index (κ1) is 8.26. The van der Waals surface area contributed by atoms with Crippen LogP contribution in [0.4, 0.5) is 0 Å². The zero-order valence-corrected chi connectivity index (χ0v) is 7.86. The van der Waals surface area contributed by atoms with Gasteiger partial charge in [-0.15, -0.1) is 0 Å². The van der Waals surface area contributed by atoms with E-state index in [1.54, 1.807) is 10.9 Å². The molecule has 2 rings (SSSR count). The highest BCUT2D eigenvalue weighted by atomic mass is 35.5. The zero-order chi connectivity index (χ0) is 9.26. The number of rotatable bonds is 1. The lowest BCUT2D eigenvalue weighted by Crippen LogP contribution is -1.84. The Morgan fingerprint density at radius 1 is 1.38 bits per heavy atom. The first-order valence-electron chi connectivity index (χ1n) is 3.88. The van der Waals surface area contributed by atoms with Gasteiger partial charge in [0.2, 0.25) is 0 Å². The largest absolute Gasteiger partial charge is 0.274 e. The molecule has 0 aromatic carbocycles. The molecule has 0 radical (unpaired) electrons. The summed E-state index contributed by atoms with van der Waals surface area (Å²) in [5.74, 6) is 0. The van der Waals surface area contributed by atoms with E-state index >= 15 is 0 Å². The fourth-order valence-corrected chi connectivity index (χ4v) is 1.42. The Hall–Kier alpha value is -1.35. The molecular weight excluding hydrogens is 186 g/mol. The monoisotopic (exact) mass is 193 g/mol. The normalized spacial score (nSPS) is 10.3. The Morgan fingerprint density at radius 3 is 2.77 bits per heavy atom. The summed E-state index contributed by atoms with van der Waals surface area (Å²) < 4.78 is 1.67. The lowest BCUT2D eigenvalue weighted by Gasteiger charge is -1.93. The molecular formula is C9H8ClN3. The van der Waals surface area contributed by atoms with Crippen molar-refractivity contribution in [3.05, 3.63) is 35.7 Å². The summed E-state index contributed by atoms with van der Waals surface area (Å²) in [4.78, 5) is 4.19. The van der Waals surface area contributed by atoms with Crippen LogP contribution < -0.4 is 0 Å². The predicted molar refractivity (Wildman–Crippen MR) is 51.4 cm³/mol. The van der Waals surface area contributed by atoms with Gasteiger partial charge in [0.05, 0.1) is 11.3 Å². The van der Waals surface area contributed by atoms with E-state index in [0.29, 0.717) is 5.15 Å². The van der Waals surface area contributed by atoms with Crippen molar-refractivity contribution < 1.29 is 0 Å². The highest BCUT2D eigenvalue weighted by molar-refractivity contribution is 6.32. The quantitative estimate of drug-likeness (QED) is 0.695. The summed E-state index contributed by atoms with van der Waals surface area (Å²) in [5, 5.41) is 4.52. The Labute approximate surface area is 81.0 Å². The van der Waals surface area contributed by atoms with Crippen molar-refractivity contribution in [1.29, 1.82) is 0 Å². The van der Waals surface area contributed by atoms with Gasteiger partial charge in [-0.05, 0) is 12.1 Å². The zero-order valence-electron chi connectivity index (χ0n) is 7.11. The van der Waals surface area contributed by atoms with Crippen LogP contribution in [0, 0.1) is 0 Å². The van der Waals surface area contributed by atoms with Gasteiger partial charge >= 0.3 is 0 Å². The number of aromatic nitrogens is 3. The maximum Gasteiger partial charge on any atom is 0.160 e. The van der Waals surface area contributed by atoms with Crippen LogP contribution in [0.1, 0.15) is 0 Å². The summed E-state index contributed by atoms with van der Waals surface area (Å²) in [6, 6.07) is 5.70. The van der Waals surface area contributed by atoms with Crippen LogP contribution in [0.25, 0.3) is 11.3 Å². The number of hydrogen-bond donors (Lipinski definition) is 0. The summed E-state index contributed by atoms with van der Waals surface area (Å²) in [6.07, 6.45) is 3.59. The molecule has 0 saturated carbocycles. The predicted octanol–water partition coefficient (Wildman–Crippen LogP) is 2.14. The second kappa shape index (κ2) is 3.18. The molecule has 0 aliphatic heterocycles. The molecule has 13 heavy (non-hydrogen) atoms. The molecule has 0 atom stereocenters. The van der Waals surface area contributed by atoms with Crippen molar-refractivity contribution in [2.24, 2.45) is 7.05 Å². The Bertz CT molecular complexity index is 408. The minimum absolute atomic E-state index is 0.487. The van der Waals surface area contributed by atoms with Crippen molar-refractivity contribution in [3.63, 3.8) is 0 Å². The molecule has 2 aromatic heterocycles. The van der Waals surface area contributed by atoms with Gasteiger partial charge in [0, 0.05) is 19.4 Å². The first-order valence-corrected chi connectivity index (χ1v) is 4.26. The first-order chi connectivity index (χ1) is 6.27. The molecule has 0 bridgehead atoms. The smallest absolute Gasteiger partial charge is 0.160 e. The van der Waals surface area contributed by atoms with Gasteiger partial charge in [0.25, 0.3) is 0 Å². The molecule has 0 N–H and O–H groups in total. The van der Waals surface area contributed by atoms with E-state index in [-0.39, 0.29) is 0 Å². The van der Waals surface area contributed by atoms with Gasteiger partial charge in [-0.1, -0.05) is 17.7 Å². The lowest BCUT2D eigenvalue weighted by molar-refractivity contribution is 0.768.